The number of hydrogen-bond donors (Lipinski definition) is 0. The molecule has 3 nitrogen and oxygen atoms in total. The highest BCUT2D eigenvalue weighted by Crippen LogP contribution is 2.24. The zero-order valence-electron chi connectivity index (χ0n) is 9.21. The third-order valence-corrected chi connectivity index (χ3v) is 2.07. The second kappa shape index (κ2) is 4.86. The van der Waals surface area contributed by atoms with Gasteiger partial charge in [-0.3, -0.25) is 0 Å². The third-order valence-electron chi connectivity index (χ3n) is 1.49. The summed E-state index contributed by atoms with van der Waals surface area (Å²) in [6.45, 7) is 5.88. The Hall–Kier alpha value is -0.220. The third kappa shape index (κ3) is 4.52. The van der Waals surface area contributed by atoms with Crippen molar-refractivity contribution in [1.82, 2.24) is 0 Å². The quantitative estimate of drug-likeness (QED) is 0.518. The Balaban J connectivity index is 4.47. The smallest absolute Gasteiger partial charge is 0.341 e. The maximum absolute atomic E-state index is 11.4. The van der Waals surface area contributed by atoms with Gasteiger partial charge in [-0.25, -0.2) is 4.79 Å². The maximum Gasteiger partial charge on any atom is 0.341 e. The van der Waals surface area contributed by atoms with Crippen molar-refractivity contribution < 1.29 is 13.7 Å². The average molecular weight is 207 g/mol. The first-order chi connectivity index (χ1) is 5.79. The monoisotopic (exact) mass is 207 g/mol. The summed E-state index contributed by atoms with van der Waals surface area (Å²) in [6, 6.07) is 0. The number of carbonyl (C=O) groups is 1. The lowest BCUT2D eigenvalue weighted by atomic mass is 9.89. The first-order valence-electron chi connectivity index (χ1n) is 4.11. The molecule has 0 spiro atoms. The molecule has 0 fully saturated rings. The maximum atomic E-state index is 11.4. The summed E-state index contributed by atoms with van der Waals surface area (Å²) in [5, 5.41) is 0. The highest BCUT2D eigenvalue weighted by molar-refractivity contribution is 7.91. The molecule has 0 aromatic carbocycles. The SMILES string of the molecule is COC(=O)C(O[S+](C)C)C(C)(C)C. The molecule has 0 saturated carbocycles. The van der Waals surface area contributed by atoms with Crippen LogP contribution in [0.5, 0.6) is 0 Å². The Bertz CT molecular complexity index is 172. The molecule has 0 aromatic heterocycles. The largest absolute Gasteiger partial charge is 0.467 e. The van der Waals surface area contributed by atoms with Crippen molar-refractivity contribution in [2.24, 2.45) is 5.41 Å². The number of hydrogen-bond acceptors (Lipinski definition) is 3. The summed E-state index contributed by atoms with van der Waals surface area (Å²) in [5.41, 5.74) is -0.218. The van der Waals surface area contributed by atoms with Crippen LogP contribution >= 0.6 is 0 Å². The number of carbonyl (C=O) groups excluding carboxylic acids is 1. The van der Waals surface area contributed by atoms with Crippen LogP contribution in [0.4, 0.5) is 0 Å². The highest BCUT2D eigenvalue weighted by Gasteiger charge is 2.37. The van der Waals surface area contributed by atoms with Gasteiger partial charge in [0.05, 0.1) is 7.11 Å². The number of ether oxygens (including phenoxy) is 1. The second-order valence-electron chi connectivity index (χ2n) is 4.11. The Kier molecular flexibility index (Phi) is 4.78. The van der Waals surface area contributed by atoms with E-state index in [2.05, 4.69) is 4.74 Å². The molecule has 0 saturated heterocycles. The van der Waals surface area contributed by atoms with Crippen LogP contribution in [0.1, 0.15) is 20.8 Å². The molecule has 0 heterocycles. The van der Waals surface area contributed by atoms with Crippen molar-refractivity contribution in [3.05, 3.63) is 0 Å². The summed E-state index contributed by atoms with van der Waals surface area (Å²) in [6.07, 6.45) is 3.39. The zero-order valence-corrected chi connectivity index (χ0v) is 10.0. The van der Waals surface area contributed by atoms with E-state index in [1.54, 1.807) is 0 Å². The molecule has 1 unspecified atom stereocenters. The van der Waals surface area contributed by atoms with Crippen LogP contribution in [0.2, 0.25) is 0 Å². The summed E-state index contributed by atoms with van der Waals surface area (Å²) in [4.78, 5) is 11.4. The Morgan fingerprint density at radius 3 is 2.00 bits per heavy atom. The Morgan fingerprint density at radius 2 is 1.77 bits per heavy atom. The lowest BCUT2D eigenvalue weighted by molar-refractivity contribution is -0.153. The van der Waals surface area contributed by atoms with Crippen molar-refractivity contribution in [3.8, 4) is 0 Å². The van der Waals surface area contributed by atoms with Gasteiger partial charge in [0, 0.05) is 5.41 Å². The van der Waals surface area contributed by atoms with Crippen LogP contribution in [0.15, 0.2) is 0 Å². The molecule has 0 aliphatic heterocycles. The molecule has 0 N–H and O–H groups in total. The van der Waals surface area contributed by atoms with Gasteiger partial charge in [-0.2, -0.15) is 4.18 Å². The van der Waals surface area contributed by atoms with Crippen LogP contribution in [0.25, 0.3) is 0 Å². The number of rotatable bonds is 3. The van der Waals surface area contributed by atoms with E-state index < -0.39 is 6.10 Å². The van der Waals surface area contributed by atoms with E-state index in [0.717, 1.165) is 0 Å². The molecule has 0 aliphatic carbocycles. The van der Waals surface area contributed by atoms with E-state index in [0.29, 0.717) is 0 Å². The van der Waals surface area contributed by atoms with Gasteiger partial charge in [-0.05, 0) is 0 Å². The molecule has 0 radical (unpaired) electrons. The first kappa shape index (κ1) is 12.8. The lowest BCUT2D eigenvalue weighted by Crippen LogP contribution is -2.39. The van der Waals surface area contributed by atoms with Crippen molar-refractivity contribution in [1.29, 1.82) is 0 Å². The van der Waals surface area contributed by atoms with E-state index in [1.807, 2.05) is 33.3 Å². The molecular weight excluding hydrogens is 188 g/mol. The van der Waals surface area contributed by atoms with Crippen LogP contribution < -0.4 is 0 Å². The standard InChI is InChI=1S/C9H19O3S/c1-9(2,3)7(8(10)11-4)12-13(5)6/h7H,1-6H3/q+1. The van der Waals surface area contributed by atoms with Crippen LogP contribution in [0, 0.1) is 5.41 Å². The van der Waals surface area contributed by atoms with E-state index in [9.17, 15) is 4.79 Å². The summed E-state index contributed by atoms with van der Waals surface area (Å²) in [7, 11) is 1.38. The number of methoxy groups -OCH3 is 1. The molecule has 78 valence electrons. The summed E-state index contributed by atoms with van der Waals surface area (Å²) >= 11 is -0.215. The van der Waals surface area contributed by atoms with E-state index in [-0.39, 0.29) is 22.6 Å². The molecule has 1 atom stereocenters. The van der Waals surface area contributed by atoms with Crippen molar-refractivity contribution in [2.45, 2.75) is 26.9 Å². The normalized spacial score (nSPS) is 14.4. The van der Waals surface area contributed by atoms with E-state index in [1.165, 1.54) is 7.11 Å². The molecular formula is C9H19O3S+. The topological polar surface area (TPSA) is 35.5 Å². The van der Waals surface area contributed by atoms with Gasteiger partial charge in [0.2, 0.25) is 6.10 Å². The second-order valence-corrected chi connectivity index (χ2v) is 5.78. The van der Waals surface area contributed by atoms with Crippen LogP contribution in [-0.2, 0) is 24.9 Å². The molecule has 0 bridgehead atoms. The minimum Gasteiger partial charge on any atom is -0.467 e. The van der Waals surface area contributed by atoms with Crippen LogP contribution in [0.3, 0.4) is 0 Å². The molecule has 0 aliphatic rings. The van der Waals surface area contributed by atoms with Gasteiger partial charge >= 0.3 is 5.97 Å². The first-order valence-corrected chi connectivity index (χ1v) is 6.08. The van der Waals surface area contributed by atoms with Gasteiger partial charge in [-0.1, -0.05) is 20.8 Å². The van der Waals surface area contributed by atoms with Gasteiger partial charge in [-0.15, -0.1) is 0 Å². The molecule has 0 rings (SSSR count). The zero-order chi connectivity index (χ0) is 10.6. The number of esters is 1. The van der Waals surface area contributed by atoms with Crippen molar-refractivity contribution >= 4 is 17.1 Å². The highest BCUT2D eigenvalue weighted by atomic mass is 32.2. The summed E-state index contributed by atoms with van der Waals surface area (Å²) in [5.74, 6) is -0.297. The molecule has 13 heavy (non-hydrogen) atoms. The molecule has 0 aromatic rings. The fraction of sp³-hybridized carbons (Fsp3) is 0.889. The minimum absolute atomic E-state index is 0.215. The summed E-state index contributed by atoms with van der Waals surface area (Å²) < 4.78 is 10.2. The van der Waals surface area contributed by atoms with E-state index in [4.69, 9.17) is 4.18 Å². The molecule has 0 amide bonds. The fourth-order valence-electron chi connectivity index (χ4n) is 0.837. The predicted molar refractivity (Wildman–Crippen MR) is 55.6 cm³/mol. The van der Waals surface area contributed by atoms with Gasteiger partial charge in [0.15, 0.2) is 0 Å². The van der Waals surface area contributed by atoms with Crippen molar-refractivity contribution in [3.63, 3.8) is 0 Å². The van der Waals surface area contributed by atoms with Crippen LogP contribution in [-0.4, -0.2) is 31.7 Å². The Labute approximate surface area is 83.3 Å². The van der Waals surface area contributed by atoms with Gasteiger partial charge < -0.3 is 4.74 Å². The van der Waals surface area contributed by atoms with Gasteiger partial charge in [0.1, 0.15) is 23.7 Å². The van der Waals surface area contributed by atoms with Crippen molar-refractivity contribution in [2.75, 3.05) is 19.6 Å². The molecule has 4 heteroatoms. The predicted octanol–water partition coefficient (Wildman–Crippen LogP) is 1.38. The minimum atomic E-state index is -0.476. The fourth-order valence-corrected chi connectivity index (χ4v) is 1.59. The van der Waals surface area contributed by atoms with Gasteiger partial charge in [0.25, 0.3) is 0 Å². The average Bonchev–Trinajstić information content (AvgIpc) is 1.96. The van der Waals surface area contributed by atoms with E-state index >= 15 is 0 Å². The lowest BCUT2D eigenvalue weighted by Gasteiger charge is -2.24. The Morgan fingerprint density at radius 1 is 1.31 bits per heavy atom.